The summed E-state index contributed by atoms with van der Waals surface area (Å²) in [5, 5.41) is 82.4. The second-order valence-corrected chi connectivity index (χ2v) is 10.0. The van der Waals surface area contributed by atoms with Crippen molar-refractivity contribution in [2.75, 3.05) is 19.8 Å². The summed E-state index contributed by atoms with van der Waals surface area (Å²) in [6.07, 6.45) is -18.7. The fourth-order valence-corrected chi connectivity index (χ4v) is 4.58. The molecular formula is C23H43NO14. The summed E-state index contributed by atoms with van der Waals surface area (Å²) in [6.45, 7) is 3.24. The molecule has 3 heterocycles. The Morgan fingerprint density at radius 1 is 0.579 bits per heavy atom. The van der Waals surface area contributed by atoms with E-state index in [1.54, 1.807) is 0 Å². The SMILES string of the molecule is C[C@@H]1O[C@@H](OC[C@H]2O[C@H](OCCCCCN)[C@H](O)[C@@H](O[C@@H]3O[C@@H](C)[C@@H](O)[C@@H](O)[C@@H]3O)[C@@H]2O)[C@@H](O)[C@H](O)[C@@H]1O. The third-order valence-corrected chi connectivity index (χ3v) is 7.11. The van der Waals surface area contributed by atoms with Gasteiger partial charge in [0.15, 0.2) is 18.9 Å². The van der Waals surface area contributed by atoms with Gasteiger partial charge in [0.25, 0.3) is 0 Å². The number of rotatable bonds is 11. The molecule has 15 nitrogen and oxygen atoms in total. The minimum atomic E-state index is -1.69. The zero-order valence-corrected chi connectivity index (χ0v) is 21.5. The molecule has 3 saturated heterocycles. The van der Waals surface area contributed by atoms with Crippen molar-refractivity contribution in [1.82, 2.24) is 0 Å². The third-order valence-electron chi connectivity index (χ3n) is 7.11. The second-order valence-electron chi connectivity index (χ2n) is 10.0. The van der Waals surface area contributed by atoms with Gasteiger partial charge in [0.05, 0.1) is 18.8 Å². The Hall–Kier alpha value is -0.600. The largest absolute Gasteiger partial charge is 0.388 e. The van der Waals surface area contributed by atoms with Gasteiger partial charge in [0, 0.05) is 6.61 Å². The minimum absolute atomic E-state index is 0.189. The summed E-state index contributed by atoms with van der Waals surface area (Å²) in [4.78, 5) is 0. The quantitative estimate of drug-likeness (QED) is 0.109. The molecule has 0 aromatic carbocycles. The summed E-state index contributed by atoms with van der Waals surface area (Å²) in [5.74, 6) is 0. The van der Waals surface area contributed by atoms with Crippen LogP contribution in [-0.4, -0.2) is 153 Å². The van der Waals surface area contributed by atoms with Crippen LogP contribution in [0.1, 0.15) is 33.1 Å². The lowest BCUT2D eigenvalue weighted by Crippen LogP contribution is -2.64. The molecule has 3 fully saturated rings. The van der Waals surface area contributed by atoms with Gasteiger partial charge >= 0.3 is 0 Å². The van der Waals surface area contributed by atoms with Crippen LogP contribution in [-0.2, 0) is 28.4 Å². The Labute approximate surface area is 220 Å². The van der Waals surface area contributed by atoms with Gasteiger partial charge in [-0.15, -0.1) is 0 Å². The molecule has 15 atom stereocenters. The average molecular weight is 558 g/mol. The van der Waals surface area contributed by atoms with Gasteiger partial charge in [-0.2, -0.15) is 0 Å². The molecule has 15 heteroatoms. The molecule has 0 bridgehead atoms. The van der Waals surface area contributed by atoms with Crippen LogP contribution < -0.4 is 5.73 Å². The Kier molecular flexibility index (Phi) is 12.0. The van der Waals surface area contributed by atoms with E-state index in [-0.39, 0.29) is 6.61 Å². The van der Waals surface area contributed by atoms with Crippen LogP contribution in [0.4, 0.5) is 0 Å². The first-order chi connectivity index (χ1) is 18.0. The average Bonchev–Trinajstić information content (AvgIpc) is 2.89. The molecule has 0 spiro atoms. The van der Waals surface area contributed by atoms with Gasteiger partial charge < -0.3 is 75.0 Å². The molecular weight excluding hydrogens is 514 g/mol. The lowest BCUT2D eigenvalue weighted by Gasteiger charge is -2.46. The molecule has 3 aliphatic heterocycles. The lowest BCUT2D eigenvalue weighted by molar-refractivity contribution is -0.363. The fraction of sp³-hybridized carbons (Fsp3) is 1.00. The summed E-state index contributed by atoms with van der Waals surface area (Å²) in [7, 11) is 0. The number of hydrogen-bond donors (Lipinski definition) is 9. The van der Waals surface area contributed by atoms with E-state index in [9.17, 15) is 40.9 Å². The van der Waals surface area contributed by atoms with Crippen molar-refractivity contribution in [2.45, 2.75) is 125 Å². The van der Waals surface area contributed by atoms with Gasteiger partial charge in [-0.1, -0.05) is 0 Å². The van der Waals surface area contributed by atoms with E-state index in [4.69, 9.17) is 34.2 Å². The Morgan fingerprint density at radius 2 is 1.13 bits per heavy atom. The van der Waals surface area contributed by atoms with Crippen molar-refractivity contribution >= 4 is 0 Å². The van der Waals surface area contributed by atoms with Gasteiger partial charge in [-0.05, 0) is 39.7 Å². The van der Waals surface area contributed by atoms with Gasteiger partial charge in [0.1, 0.15) is 61.0 Å². The van der Waals surface area contributed by atoms with Crippen LogP contribution in [0.15, 0.2) is 0 Å². The van der Waals surface area contributed by atoms with Crippen molar-refractivity contribution in [2.24, 2.45) is 5.73 Å². The van der Waals surface area contributed by atoms with E-state index in [2.05, 4.69) is 0 Å². The van der Waals surface area contributed by atoms with Crippen LogP contribution in [0.2, 0.25) is 0 Å². The van der Waals surface area contributed by atoms with Crippen LogP contribution in [0.5, 0.6) is 0 Å². The van der Waals surface area contributed by atoms with E-state index < -0.39 is 98.7 Å². The number of aliphatic hydroxyl groups is 8. The topological polar surface area (TPSA) is 243 Å². The first kappa shape index (κ1) is 31.9. The number of aliphatic hydroxyl groups excluding tert-OH is 8. The zero-order valence-electron chi connectivity index (χ0n) is 21.5. The highest BCUT2D eigenvalue weighted by Gasteiger charge is 2.51. The first-order valence-corrected chi connectivity index (χ1v) is 13.0. The maximum atomic E-state index is 11.0. The highest BCUT2D eigenvalue weighted by atomic mass is 16.7. The lowest BCUT2D eigenvalue weighted by atomic mass is 9.97. The standard InChI is InChI=1S/C23H43NO14/c1-9-12(25)15(28)17(30)21(35-9)34-8-11-14(27)20(19(32)22(37-11)33-7-5-3-4-6-24)38-23-18(31)16(29)13(26)10(2)36-23/h9-23,25-32H,3-8,24H2,1-2H3/t9-,10-,11+,12+,13+,14+,15+,16+,17-,18-,19+,20-,21+,22-,23-/m0/s1. The molecule has 38 heavy (non-hydrogen) atoms. The maximum Gasteiger partial charge on any atom is 0.187 e. The van der Waals surface area contributed by atoms with E-state index in [1.165, 1.54) is 13.8 Å². The minimum Gasteiger partial charge on any atom is -0.388 e. The van der Waals surface area contributed by atoms with Crippen molar-refractivity contribution in [1.29, 1.82) is 0 Å². The molecule has 0 aromatic heterocycles. The molecule has 0 amide bonds. The number of hydrogen-bond acceptors (Lipinski definition) is 15. The molecule has 224 valence electrons. The fourth-order valence-electron chi connectivity index (χ4n) is 4.58. The number of ether oxygens (including phenoxy) is 6. The molecule has 3 aliphatic rings. The third kappa shape index (κ3) is 7.37. The van der Waals surface area contributed by atoms with Crippen molar-refractivity contribution in [3.63, 3.8) is 0 Å². The van der Waals surface area contributed by atoms with E-state index in [0.717, 1.165) is 12.8 Å². The molecule has 0 aromatic rings. The Balaban J connectivity index is 1.70. The normalized spacial score (nSPS) is 48.2. The van der Waals surface area contributed by atoms with Crippen LogP contribution in [0.25, 0.3) is 0 Å². The molecule has 0 unspecified atom stereocenters. The maximum absolute atomic E-state index is 11.0. The van der Waals surface area contributed by atoms with E-state index in [0.29, 0.717) is 13.0 Å². The predicted molar refractivity (Wildman–Crippen MR) is 125 cm³/mol. The summed E-state index contributed by atoms with van der Waals surface area (Å²) >= 11 is 0. The zero-order chi connectivity index (χ0) is 28.1. The van der Waals surface area contributed by atoms with Gasteiger partial charge in [0.2, 0.25) is 0 Å². The van der Waals surface area contributed by atoms with Crippen molar-refractivity contribution in [3.8, 4) is 0 Å². The highest BCUT2D eigenvalue weighted by Crippen LogP contribution is 2.31. The molecule has 3 rings (SSSR count). The highest BCUT2D eigenvalue weighted by molar-refractivity contribution is 4.94. The molecule has 0 aliphatic carbocycles. The van der Waals surface area contributed by atoms with E-state index in [1.807, 2.05) is 0 Å². The Morgan fingerprint density at radius 3 is 1.74 bits per heavy atom. The van der Waals surface area contributed by atoms with Crippen LogP contribution >= 0.6 is 0 Å². The predicted octanol–water partition coefficient (Wildman–Crippen LogP) is -4.36. The summed E-state index contributed by atoms with van der Waals surface area (Å²) < 4.78 is 33.5. The molecule has 0 radical (unpaired) electrons. The summed E-state index contributed by atoms with van der Waals surface area (Å²) in [6, 6.07) is 0. The second kappa shape index (κ2) is 14.3. The van der Waals surface area contributed by atoms with Crippen LogP contribution in [0, 0.1) is 0 Å². The van der Waals surface area contributed by atoms with Crippen LogP contribution in [0.3, 0.4) is 0 Å². The van der Waals surface area contributed by atoms with Gasteiger partial charge in [-0.3, -0.25) is 0 Å². The monoisotopic (exact) mass is 557 g/mol. The smallest absolute Gasteiger partial charge is 0.187 e. The Bertz CT molecular complexity index is 707. The van der Waals surface area contributed by atoms with Crippen molar-refractivity contribution < 1.29 is 69.3 Å². The van der Waals surface area contributed by atoms with Gasteiger partial charge in [-0.25, -0.2) is 0 Å². The first-order valence-electron chi connectivity index (χ1n) is 13.0. The summed E-state index contributed by atoms with van der Waals surface area (Å²) in [5.41, 5.74) is 5.50. The number of nitrogens with two attached hydrogens (primary N) is 1. The van der Waals surface area contributed by atoms with Crippen molar-refractivity contribution in [3.05, 3.63) is 0 Å². The molecule has 0 saturated carbocycles. The van der Waals surface area contributed by atoms with E-state index >= 15 is 0 Å². The molecule has 10 N–H and O–H groups in total. The number of unbranched alkanes of at least 4 members (excludes halogenated alkanes) is 2.